The van der Waals surface area contributed by atoms with Crippen molar-refractivity contribution in [1.29, 1.82) is 0 Å². The van der Waals surface area contributed by atoms with Gasteiger partial charge in [-0.05, 0) is 47.7 Å². The third-order valence-corrected chi connectivity index (χ3v) is 4.71. The van der Waals surface area contributed by atoms with E-state index >= 15 is 0 Å². The van der Waals surface area contributed by atoms with Crippen molar-refractivity contribution in [3.8, 4) is 16.3 Å². The van der Waals surface area contributed by atoms with Crippen molar-refractivity contribution in [2.45, 2.75) is 13.5 Å². The Hall–Kier alpha value is -3.13. The Balaban J connectivity index is 1.70. The molecular weight excluding hydrogens is 336 g/mol. The lowest BCUT2D eigenvalue weighted by atomic mass is 10.3. The first-order valence-corrected chi connectivity index (χ1v) is 8.50. The summed E-state index contributed by atoms with van der Waals surface area (Å²) in [4.78, 5) is 14.4. The summed E-state index contributed by atoms with van der Waals surface area (Å²) in [5, 5.41) is 16.3. The van der Waals surface area contributed by atoms with Gasteiger partial charge in [0.05, 0.1) is 10.6 Å². The summed E-state index contributed by atoms with van der Waals surface area (Å²) < 4.78 is 2.99. The minimum absolute atomic E-state index is 0.193. The first-order chi connectivity index (χ1) is 12.2. The van der Waals surface area contributed by atoms with E-state index in [-0.39, 0.29) is 12.1 Å². The number of nitrogens with zero attached hydrogens (tertiary/aromatic N) is 6. The topological polar surface area (TPSA) is 78.5 Å². The van der Waals surface area contributed by atoms with E-state index in [9.17, 15) is 4.79 Å². The van der Waals surface area contributed by atoms with Crippen LogP contribution in [-0.4, -0.2) is 30.0 Å². The van der Waals surface area contributed by atoms with Crippen molar-refractivity contribution in [3.63, 3.8) is 0 Å². The minimum Gasteiger partial charge on any atom is -0.268 e. The first-order valence-electron chi connectivity index (χ1n) is 7.68. The number of tetrazole rings is 1. The molecule has 0 amide bonds. The molecule has 0 N–H and O–H groups in total. The molecule has 0 atom stereocenters. The molecule has 0 aliphatic rings. The van der Waals surface area contributed by atoms with Crippen LogP contribution in [0.25, 0.3) is 16.3 Å². The molecule has 0 bridgehead atoms. The van der Waals surface area contributed by atoms with Gasteiger partial charge in [-0.1, -0.05) is 18.2 Å². The molecule has 0 aliphatic carbocycles. The monoisotopic (exact) mass is 350 g/mol. The third kappa shape index (κ3) is 3.11. The van der Waals surface area contributed by atoms with Gasteiger partial charge in [-0.3, -0.25) is 4.79 Å². The summed E-state index contributed by atoms with van der Waals surface area (Å²) in [6.07, 6.45) is 0. The Bertz CT molecular complexity index is 1070. The molecular formula is C17H14N6OS. The van der Waals surface area contributed by atoms with Crippen LogP contribution in [0.2, 0.25) is 0 Å². The SMILES string of the molecule is Cc1ccc(-c2ccc(=O)n(Cc3nnnn3-c3ccccc3)n2)s1. The minimum atomic E-state index is -0.195. The number of aromatic nitrogens is 6. The molecule has 3 heterocycles. The molecule has 7 nitrogen and oxygen atoms in total. The standard InChI is InChI=1S/C17H14N6OS/c1-12-7-9-15(25-12)14-8-10-17(24)22(19-14)11-16-18-20-21-23(16)13-5-3-2-4-6-13/h2-10H,11H2,1H3. The predicted octanol–water partition coefficient (Wildman–Crippen LogP) is 2.30. The van der Waals surface area contributed by atoms with Crippen molar-refractivity contribution >= 4 is 11.3 Å². The van der Waals surface area contributed by atoms with Gasteiger partial charge in [0.15, 0.2) is 5.82 Å². The molecule has 25 heavy (non-hydrogen) atoms. The van der Waals surface area contributed by atoms with Crippen LogP contribution in [0, 0.1) is 6.92 Å². The Morgan fingerprint density at radius 2 is 1.88 bits per heavy atom. The lowest BCUT2D eigenvalue weighted by molar-refractivity contribution is 0.602. The zero-order valence-corrected chi connectivity index (χ0v) is 14.2. The Labute approximate surface area is 147 Å². The van der Waals surface area contributed by atoms with Crippen LogP contribution in [0.3, 0.4) is 0 Å². The van der Waals surface area contributed by atoms with Gasteiger partial charge in [0, 0.05) is 10.9 Å². The van der Waals surface area contributed by atoms with Crippen molar-refractivity contribution in [1.82, 2.24) is 30.0 Å². The Morgan fingerprint density at radius 1 is 1.04 bits per heavy atom. The number of hydrogen-bond donors (Lipinski definition) is 0. The van der Waals surface area contributed by atoms with Crippen molar-refractivity contribution in [3.05, 3.63) is 75.7 Å². The van der Waals surface area contributed by atoms with Gasteiger partial charge in [0.2, 0.25) is 0 Å². The molecule has 3 aromatic heterocycles. The summed E-state index contributed by atoms with van der Waals surface area (Å²) in [6, 6.07) is 16.8. The first kappa shape index (κ1) is 15.4. The van der Waals surface area contributed by atoms with Crippen LogP contribution >= 0.6 is 11.3 Å². The summed E-state index contributed by atoms with van der Waals surface area (Å²) in [7, 11) is 0. The molecule has 4 aromatic rings. The van der Waals surface area contributed by atoms with Crippen molar-refractivity contribution in [2.75, 3.05) is 0 Å². The van der Waals surface area contributed by atoms with Crippen molar-refractivity contribution < 1.29 is 0 Å². The fourth-order valence-corrected chi connectivity index (χ4v) is 3.31. The highest BCUT2D eigenvalue weighted by molar-refractivity contribution is 7.15. The Kier molecular flexibility index (Phi) is 3.95. The van der Waals surface area contributed by atoms with Gasteiger partial charge in [-0.25, -0.2) is 4.68 Å². The zero-order chi connectivity index (χ0) is 17.2. The normalized spacial score (nSPS) is 10.9. The van der Waals surface area contributed by atoms with Crippen molar-refractivity contribution in [2.24, 2.45) is 0 Å². The predicted molar refractivity (Wildman–Crippen MR) is 94.8 cm³/mol. The van der Waals surface area contributed by atoms with Gasteiger partial charge >= 0.3 is 0 Å². The van der Waals surface area contributed by atoms with Crippen LogP contribution in [0.4, 0.5) is 0 Å². The number of thiophene rings is 1. The molecule has 1 aromatic carbocycles. The van der Waals surface area contributed by atoms with Crippen LogP contribution in [0.15, 0.2) is 59.4 Å². The number of aryl methyl sites for hydroxylation is 1. The lowest BCUT2D eigenvalue weighted by Crippen LogP contribution is -2.24. The molecule has 4 rings (SSSR count). The average molecular weight is 350 g/mol. The molecule has 0 fully saturated rings. The fourth-order valence-electron chi connectivity index (χ4n) is 2.47. The van der Waals surface area contributed by atoms with E-state index in [1.807, 2.05) is 49.4 Å². The number of hydrogen-bond acceptors (Lipinski definition) is 6. The molecule has 0 saturated carbocycles. The number of rotatable bonds is 4. The Morgan fingerprint density at radius 3 is 2.64 bits per heavy atom. The molecule has 8 heteroatoms. The van der Waals surface area contributed by atoms with Gasteiger partial charge in [0.25, 0.3) is 5.56 Å². The summed E-state index contributed by atoms with van der Waals surface area (Å²) in [5.74, 6) is 0.542. The second-order valence-electron chi connectivity index (χ2n) is 5.47. The lowest BCUT2D eigenvalue weighted by Gasteiger charge is -2.07. The maximum atomic E-state index is 12.2. The average Bonchev–Trinajstić information content (AvgIpc) is 3.27. The van der Waals surface area contributed by atoms with E-state index in [1.165, 1.54) is 15.6 Å². The summed E-state index contributed by atoms with van der Waals surface area (Å²) >= 11 is 1.64. The third-order valence-electron chi connectivity index (χ3n) is 3.69. The smallest absolute Gasteiger partial charge is 0.267 e. The largest absolute Gasteiger partial charge is 0.268 e. The highest BCUT2D eigenvalue weighted by atomic mass is 32.1. The maximum Gasteiger partial charge on any atom is 0.267 e. The van der Waals surface area contributed by atoms with Crippen LogP contribution in [0.5, 0.6) is 0 Å². The van der Waals surface area contributed by atoms with E-state index in [0.717, 1.165) is 16.3 Å². The highest BCUT2D eigenvalue weighted by Gasteiger charge is 2.12. The van der Waals surface area contributed by atoms with Gasteiger partial charge in [-0.2, -0.15) is 9.78 Å². The summed E-state index contributed by atoms with van der Waals surface area (Å²) in [6.45, 7) is 2.23. The maximum absolute atomic E-state index is 12.2. The highest BCUT2D eigenvalue weighted by Crippen LogP contribution is 2.25. The van der Waals surface area contributed by atoms with E-state index in [0.29, 0.717) is 5.82 Å². The molecule has 0 unspecified atom stereocenters. The van der Waals surface area contributed by atoms with E-state index in [2.05, 4.69) is 20.6 Å². The summed E-state index contributed by atoms with van der Waals surface area (Å²) in [5.41, 5.74) is 1.40. The number of para-hydroxylation sites is 1. The van der Waals surface area contributed by atoms with E-state index < -0.39 is 0 Å². The zero-order valence-electron chi connectivity index (χ0n) is 13.4. The van der Waals surface area contributed by atoms with Gasteiger partial charge in [-0.15, -0.1) is 16.4 Å². The molecule has 0 aliphatic heterocycles. The van der Waals surface area contributed by atoms with Crippen LogP contribution in [0.1, 0.15) is 10.7 Å². The van der Waals surface area contributed by atoms with Crippen LogP contribution in [-0.2, 0) is 6.54 Å². The second kappa shape index (κ2) is 6.40. The van der Waals surface area contributed by atoms with Gasteiger partial charge in [0.1, 0.15) is 12.2 Å². The quantitative estimate of drug-likeness (QED) is 0.564. The van der Waals surface area contributed by atoms with Crippen LogP contribution < -0.4 is 5.56 Å². The van der Waals surface area contributed by atoms with E-state index in [1.54, 1.807) is 22.1 Å². The second-order valence-corrected chi connectivity index (χ2v) is 6.76. The van der Waals surface area contributed by atoms with Gasteiger partial charge < -0.3 is 0 Å². The molecule has 124 valence electrons. The molecule has 0 radical (unpaired) electrons. The fraction of sp³-hybridized carbons (Fsp3) is 0.118. The number of benzene rings is 1. The molecule has 0 saturated heterocycles. The molecule has 0 spiro atoms. The van der Waals surface area contributed by atoms with E-state index in [4.69, 9.17) is 0 Å².